The first-order chi connectivity index (χ1) is 21.4. The maximum absolute atomic E-state index is 13.3. The molecule has 0 heterocycles. The molecule has 8 heteroatoms. The fourth-order valence-electron chi connectivity index (χ4n) is 4.91. The highest BCUT2D eigenvalue weighted by atomic mass is 28.4. The molecule has 3 aromatic carbocycles. The van der Waals surface area contributed by atoms with Crippen LogP contribution in [0, 0.1) is 0 Å². The smallest absolute Gasteiger partial charge is 0.407 e. The van der Waals surface area contributed by atoms with Crippen molar-refractivity contribution in [2.45, 2.75) is 52.2 Å². The Morgan fingerprint density at radius 3 is 1.84 bits per heavy atom. The molecule has 3 rings (SSSR count). The van der Waals surface area contributed by atoms with E-state index in [4.69, 9.17) is 18.6 Å². The van der Waals surface area contributed by atoms with Gasteiger partial charge >= 0.3 is 12.1 Å². The summed E-state index contributed by atoms with van der Waals surface area (Å²) in [5.74, 6) is -0.469. The highest BCUT2D eigenvalue weighted by Crippen LogP contribution is 2.36. The lowest BCUT2D eigenvalue weighted by atomic mass is 10.1. The third-order valence-electron chi connectivity index (χ3n) is 6.89. The lowest BCUT2D eigenvalue weighted by molar-refractivity contribution is -0.140. The molecule has 0 aliphatic carbocycles. The Balaban J connectivity index is 1.72. The van der Waals surface area contributed by atoms with Crippen molar-refractivity contribution in [2.75, 3.05) is 33.0 Å². The van der Waals surface area contributed by atoms with Crippen molar-refractivity contribution in [1.29, 1.82) is 0 Å². The van der Waals surface area contributed by atoms with E-state index in [1.807, 2.05) is 72.8 Å². The normalized spacial score (nSPS) is 12.6. The zero-order valence-corrected chi connectivity index (χ0v) is 28.4. The molecular formula is C37H47NO6Si. The van der Waals surface area contributed by atoms with Gasteiger partial charge in [0.25, 0.3) is 8.32 Å². The third kappa shape index (κ3) is 11.2. The van der Waals surface area contributed by atoms with Gasteiger partial charge in [-0.25, -0.2) is 9.59 Å². The van der Waals surface area contributed by atoms with E-state index in [1.165, 1.54) is 10.4 Å². The zero-order valence-electron chi connectivity index (χ0n) is 27.4. The molecule has 45 heavy (non-hydrogen) atoms. The Hall–Kier alpha value is -3.98. The minimum atomic E-state index is -2.78. The molecule has 0 saturated carbocycles. The van der Waals surface area contributed by atoms with Crippen LogP contribution >= 0.6 is 0 Å². The minimum Gasteiger partial charge on any atom is -0.460 e. The Morgan fingerprint density at radius 1 is 0.756 bits per heavy atom. The van der Waals surface area contributed by atoms with Gasteiger partial charge in [0.1, 0.15) is 12.2 Å². The van der Waals surface area contributed by atoms with Gasteiger partial charge in [-0.2, -0.15) is 0 Å². The fraction of sp³-hybridized carbons (Fsp3) is 0.351. The summed E-state index contributed by atoms with van der Waals surface area (Å²) in [5, 5.41) is 4.77. The number of hydrogen-bond acceptors (Lipinski definition) is 6. The van der Waals surface area contributed by atoms with Crippen molar-refractivity contribution in [2.24, 2.45) is 0 Å². The number of esters is 1. The van der Waals surface area contributed by atoms with Gasteiger partial charge in [0.05, 0.1) is 25.4 Å². The van der Waals surface area contributed by atoms with Crippen LogP contribution in [0.2, 0.25) is 5.04 Å². The molecule has 0 aliphatic rings. The molecule has 0 unspecified atom stereocenters. The van der Waals surface area contributed by atoms with Crippen molar-refractivity contribution in [3.8, 4) is 0 Å². The zero-order chi connectivity index (χ0) is 32.8. The van der Waals surface area contributed by atoms with E-state index in [9.17, 15) is 9.59 Å². The summed E-state index contributed by atoms with van der Waals surface area (Å²) >= 11 is 0. The number of rotatable bonds is 14. The number of benzene rings is 3. The van der Waals surface area contributed by atoms with E-state index < -0.39 is 26.0 Å². The van der Waals surface area contributed by atoms with Crippen molar-refractivity contribution in [3.05, 3.63) is 114 Å². The van der Waals surface area contributed by atoms with Gasteiger partial charge < -0.3 is 24.0 Å². The van der Waals surface area contributed by atoms with Crippen LogP contribution in [0.4, 0.5) is 4.79 Å². The molecule has 0 fully saturated rings. The van der Waals surface area contributed by atoms with Gasteiger partial charge in [0, 0.05) is 6.54 Å². The SMILES string of the molecule is CC(C)(C)OC(=O)NCCOCCOC(=O)C(/C=C/c1ccccc1)=C/CO[Si](c1ccccc1)(c1ccccc1)C(C)(C)C. The Kier molecular flexibility index (Phi) is 13.3. The number of alkyl carbamates (subject to hydrolysis) is 1. The second kappa shape index (κ2) is 16.9. The molecule has 0 bridgehead atoms. The quantitative estimate of drug-likeness (QED) is 0.0743. The second-order valence-corrected chi connectivity index (χ2v) is 16.9. The van der Waals surface area contributed by atoms with Crippen LogP contribution in [-0.2, 0) is 23.4 Å². The molecule has 1 amide bonds. The largest absolute Gasteiger partial charge is 0.460 e. The molecule has 0 aromatic heterocycles. The number of carbonyl (C=O) groups is 2. The van der Waals surface area contributed by atoms with Gasteiger partial charge in [-0.3, -0.25) is 0 Å². The lowest BCUT2D eigenvalue weighted by Crippen LogP contribution is -2.66. The van der Waals surface area contributed by atoms with E-state index in [2.05, 4.69) is 50.4 Å². The Labute approximate surface area is 269 Å². The van der Waals surface area contributed by atoms with Gasteiger partial charge in [-0.1, -0.05) is 118 Å². The van der Waals surface area contributed by atoms with Crippen LogP contribution < -0.4 is 15.7 Å². The Bertz CT molecular complexity index is 1350. The maximum atomic E-state index is 13.3. The summed E-state index contributed by atoms with van der Waals surface area (Å²) in [6, 6.07) is 30.6. The van der Waals surface area contributed by atoms with E-state index in [-0.39, 0.29) is 38.0 Å². The molecule has 0 aliphatic heterocycles. The van der Waals surface area contributed by atoms with E-state index >= 15 is 0 Å². The Morgan fingerprint density at radius 2 is 1.31 bits per heavy atom. The highest BCUT2D eigenvalue weighted by Gasteiger charge is 2.49. The minimum absolute atomic E-state index is 0.0668. The highest BCUT2D eigenvalue weighted by molar-refractivity contribution is 6.99. The first-order valence-corrected chi connectivity index (χ1v) is 17.2. The summed E-state index contributed by atoms with van der Waals surface area (Å²) in [6.07, 6.45) is 4.94. The molecule has 0 saturated heterocycles. The fourth-order valence-corrected chi connectivity index (χ4v) is 9.39. The summed E-state index contributed by atoms with van der Waals surface area (Å²) in [6.45, 7) is 13.1. The predicted molar refractivity (Wildman–Crippen MR) is 183 cm³/mol. The topological polar surface area (TPSA) is 83.1 Å². The summed E-state index contributed by atoms with van der Waals surface area (Å²) in [5.41, 5.74) is 0.789. The van der Waals surface area contributed by atoms with Crippen LogP contribution in [-0.4, -0.2) is 59.0 Å². The van der Waals surface area contributed by atoms with Crippen LogP contribution in [0.3, 0.4) is 0 Å². The van der Waals surface area contributed by atoms with Gasteiger partial charge in [-0.15, -0.1) is 0 Å². The number of amides is 1. The predicted octanol–water partition coefficient (Wildman–Crippen LogP) is 6.29. The second-order valence-electron chi connectivity index (χ2n) is 12.6. The average Bonchev–Trinajstić information content (AvgIpc) is 3.00. The molecule has 7 nitrogen and oxygen atoms in total. The molecular weight excluding hydrogens is 582 g/mol. The summed E-state index contributed by atoms with van der Waals surface area (Å²) < 4.78 is 23.3. The molecule has 3 aromatic rings. The third-order valence-corrected chi connectivity index (χ3v) is 11.9. The van der Waals surface area contributed by atoms with Crippen molar-refractivity contribution < 1.29 is 28.2 Å². The molecule has 1 N–H and O–H groups in total. The first kappa shape index (κ1) is 35.5. The molecule has 0 radical (unpaired) electrons. The van der Waals surface area contributed by atoms with Crippen molar-refractivity contribution in [3.63, 3.8) is 0 Å². The van der Waals surface area contributed by atoms with Crippen LogP contribution in [0.15, 0.2) is 109 Å². The maximum Gasteiger partial charge on any atom is 0.407 e. The summed E-state index contributed by atoms with van der Waals surface area (Å²) in [4.78, 5) is 25.0. The van der Waals surface area contributed by atoms with Crippen LogP contribution in [0.1, 0.15) is 47.1 Å². The number of nitrogens with one attached hydrogen (secondary N) is 1. The van der Waals surface area contributed by atoms with E-state index in [0.29, 0.717) is 5.57 Å². The van der Waals surface area contributed by atoms with Crippen LogP contribution in [0.5, 0.6) is 0 Å². The van der Waals surface area contributed by atoms with Gasteiger partial charge in [0.2, 0.25) is 0 Å². The van der Waals surface area contributed by atoms with E-state index in [0.717, 1.165) is 5.56 Å². The van der Waals surface area contributed by atoms with Crippen molar-refractivity contribution >= 4 is 36.8 Å². The van der Waals surface area contributed by atoms with Gasteiger partial charge in [0.15, 0.2) is 0 Å². The lowest BCUT2D eigenvalue weighted by Gasteiger charge is -2.42. The number of ether oxygens (including phenoxy) is 3. The number of carbonyl (C=O) groups excluding carboxylic acids is 2. The average molecular weight is 630 g/mol. The first-order valence-electron chi connectivity index (χ1n) is 15.3. The standard InChI is InChI=1S/C37H47NO6Si/c1-36(2,3)44-35(40)38-25-27-41-28-29-42-34(39)31(23-22-30-16-10-7-11-17-30)24-26-43-45(37(4,5)6,32-18-12-8-13-19-32)33-20-14-9-15-21-33/h7-24H,25-29H2,1-6H3,(H,38,40)/b23-22+,31-24+. The molecule has 0 atom stereocenters. The molecule has 0 spiro atoms. The monoisotopic (exact) mass is 629 g/mol. The van der Waals surface area contributed by atoms with Crippen LogP contribution in [0.25, 0.3) is 6.08 Å². The van der Waals surface area contributed by atoms with E-state index in [1.54, 1.807) is 32.9 Å². The number of hydrogen-bond donors (Lipinski definition) is 1. The van der Waals surface area contributed by atoms with Gasteiger partial charge in [-0.05, 0) is 53.9 Å². The van der Waals surface area contributed by atoms with Crippen molar-refractivity contribution in [1.82, 2.24) is 5.32 Å². The summed E-state index contributed by atoms with van der Waals surface area (Å²) in [7, 11) is -2.78. The molecule has 240 valence electrons.